The molecule has 0 spiro atoms. The fourth-order valence-corrected chi connectivity index (χ4v) is 3.38. The van der Waals surface area contributed by atoms with Gasteiger partial charge in [-0.05, 0) is 73.7 Å². The number of carbonyl (C=O) groups excluding carboxylic acids is 1. The third-order valence-corrected chi connectivity index (χ3v) is 5.53. The maximum Gasteiger partial charge on any atom is 0.322 e. The Morgan fingerprint density at radius 1 is 1.12 bits per heavy atom. The first-order valence-corrected chi connectivity index (χ1v) is 10.6. The van der Waals surface area contributed by atoms with Crippen molar-refractivity contribution in [3.05, 3.63) is 71.4 Å². The highest BCUT2D eigenvalue weighted by molar-refractivity contribution is 5.89. The Labute approximate surface area is 187 Å². The summed E-state index contributed by atoms with van der Waals surface area (Å²) >= 11 is 0. The number of benzene rings is 2. The van der Waals surface area contributed by atoms with Gasteiger partial charge in [0.2, 0.25) is 5.88 Å². The number of amides is 2. The van der Waals surface area contributed by atoms with Crippen LogP contribution in [0.3, 0.4) is 0 Å². The van der Waals surface area contributed by atoms with Crippen molar-refractivity contribution in [1.82, 2.24) is 9.88 Å². The summed E-state index contributed by atoms with van der Waals surface area (Å²) in [4.78, 5) is 19.1. The van der Waals surface area contributed by atoms with Crippen LogP contribution in [-0.2, 0) is 6.54 Å². The van der Waals surface area contributed by atoms with Gasteiger partial charge in [0.1, 0.15) is 5.75 Å². The number of aromatic hydroxyl groups is 1. The van der Waals surface area contributed by atoms with Crippen molar-refractivity contribution in [3.63, 3.8) is 0 Å². The number of hydrogen-bond acceptors (Lipinski definition) is 5. The molecule has 1 aliphatic rings. The molecule has 0 unspecified atom stereocenters. The maximum absolute atomic E-state index is 12.9. The zero-order valence-corrected chi connectivity index (χ0v) is 18.5. The standard InChI is InChI=1S/C25H27N3O4/c1-16-4-9-21(12-17(16)2)32-24-11-6-19(14-26-24)27-25(30)28(20-7-8-20)15-18-5-10-22(29)23(13-18)31-3/h4-6,9-14,20,29H,7-8,15H2,1-3H3,(H,27,30). The van der Waals surface area contributed by atoms with Gasteiger partial charge < -0.3 is 24.8 Å². The molecule has 1 saturated carbocycles. The van der Waals surface area contributed by atoms with Crippen LogP contribution in [0.15, 0.2) is 54.7 Å². The van der Waals surface area contributed by atoms with Crippen molar-refractivity contribution in [3.8, 4) is 23.1 Å². The minimum Gasteiger partial charge on any atom is -0.504 e. The van der Waals surface area contributed by atoms with Crippen LogP contribution in [0.1, 0.15) is 29.5 Å². The van der Waals surface area contributed by atoms with Crippen LogP contribution >= 0.6 is 0 Å². The summed E-state index contributed by atoms with van der Waals surface area (Å²) in [5.74, 6) is 1.65. The SMILES string of the molecule is COc1cc(CN(C(=O)Nc2ccc(Oc3ccc(C)c(C)c3)nc2)C2CC2)ccc1O. The highest BCUT2D eigenvalue weighted by Gasteiger charge is 2.32. The van der Waals surface area contributed by atoms with Gasteiger partial charge in [-0.15, -0.1) is 0 Å². The van der Waals surface area contributed by atoms with Crippen molar-refractivity contribution in [2.75, 3.05) is 12.4 Å². The van der Waals surface area contributed by atoms with E-state index in [1.165, 1.54) is 12.7 Å². The fourth-order valence-electron chi connectivity index (χ4n) is 3.38. The number of phenolic OH excluding ortho intramolecular Hbond substituents is 1. The molecule has 1 aromatic heterocycles. The summed E-state index contributed by atoms with van der Waals surface area (Å²) in [6.45, 7) is 4.51. The van der Waals surface area contributed by atoms with Crippen LogP contribution in [0.5, 0.6) is 23.1 Å². The van der Waals surface area contributed by atoms with Crippen LogP contribution in [-0.4, -0.2) is 34.2 Å². The molecular weight excluding hydrogens is 406 g/mol. The van der Waals surface area contributed by atoms with Crippen molar-refractivity contribution < 1.29 is 19.4 Å². The number of nitrogens with one attached hydrogen (secondary N) is 1. The van der Waals surface area contributed by atoms with Gasteiger partial charge >= 0.3 is 6.03 Å². The molecule has 32 heavy (non-hydrogen) atoms. The number of hydrogen-bond donors (Lipinski definition) is 2. The minimum absolute atomic E-state index is 0.0767. The zero-order chi connectivity index (χ0) is 22.7. The number of aryl methyl sites for hydroxylation is 2. The third-order valence-electron chi connectivity index (χ3n) is 5.53. The van der Waals surface area contributed by atoms with Gasteiger partial charge in [-0.3, -0.25) is 0 Å². The Balaban J connectivity index is 1.40. The summed E-state index contributed by atoms with van der Waals surface area (Å²) < 4.78 is 11.0. The van der Waals surface area contributed by atoms with E-state index in [1.807, 2.05) is 25.1 Å². The highest BCUT2D eigenvalue weighted by Crippen LogP contribution is 2.32. The molecule has 0 saturated heterocycles. The van der Waals surface area contributed by atoms with E-state index in [0.717, 1.165) is 29.7 Å². The molecule has 0 radical (unpaired) electrons. The lowest BCUT2D eigenvalue weighted by atomic mass is 10.1. The van der Waals surface area contributed by atoms with Crippen LogP contribution in [0, 0.1) is 13.8 Å². The number of anilines is 1. The molecule has 2 aromatic carbocycles. The predicted octanol–water partition coefficient (Wildman–Crippen LogP) is 5.40. The Hall–Kier alpha value is -3.74. The molecule has 4 rings (SSSR count). The number of urea groups is 1. The van der Waals surface area contributed by atoms with Crippen LogP contribution < -0.4 is 14.8 Å². The monoisotopic (exact) mass is 433 g/mol. The lowest BCUT2D eigenvalue weighted by Crippen LogP contribution is -2.36. The Morgan fingerprint density at radius 2 is 1.94 bits per heavy atom. The number of pyridine rings is 1. The van der Waals surface area contributed by atoms with Crippen molar-refractivity contribution in [2.24, 2.45) is 0 Å². The van der Waals surface area contributed by atoms with E-state index in [1.54, 1.807) is 41.4 Å². The predicted molar refractivity (Wildman–Crippen MR) is 122 cm³/mol. The average molecular weight is 434 g/mol. The van der Waals surface area contributed by atoms with Gasteiger partial charge in [-0.2, -0.15) is 0 Å². The lowest BCUT2D eigenvalue weighted by molar-refractivity contribution is 0.206. The van der Waals surface area contributed by atoms with Gasteiger partial charge in [0, 0.05) is 18.7 Å². The Bertz CT molecular complexity index is 1110. The molecule has 0 bridgehead atoms. The van der Waals surface area contributed by atoms with Crippen LogP contribution in [0.25, 0.3) is 0 Å². The molecule has 166 valence electrons. The Kier molecular flexibility index (Phi) is 6.16. The number of methoxy groups -OCH3 is 1. The number of nitrogens with zero attached hydrogens (tertiary/aromatic N) is 2. The number of rotatable bonds is 7. The van der Waals surface area contributed by atoms with E-state index in [4.69, 9.17) is 9.47 Å². The molecule has 3 aromatic rings. The van der Waals surface area contributed by atoms with Crippen molar-refractivity contribution >= 4 is 11.7 Å². The maximum atomic E-state index is 12.9. The number of aromatic nitrogens is 1. The Morgan fingerprint density at radius 3 is 2.59 bits per heavy atom. The van der Waals surface area contributed by atoms with E-state index in [9.17, 15) is 9.90 Å². The van der Waals surface area contributed by atoms with E-state index in [-0.39, 0.29) is 17.8 Å². The highest BCUT2D eigenvalue weighted by atomic mass is 16.5. The normalized spacial score (nSPS) is 12.8. The topological polar surface area (TPSA) is 83.9 Å². The average Bonchev–Trinajstić information content (AvgIpc) is 3.62. The summed E-state index contributed by atoms with van der Waals surface area (Å²) in [5, 5.41) is 12.7. The molecule has 0 aliphatic heterocycles. The van der Waals surface area contributed by atoms with Crippen molar-refractivity contribution in [1.29, 1.82) is 0 Å². The molecule has 2 N–H and O–H groups in total. The molecule has 1 heterocycles. The van der Waals surface area contributed by atoms with E-state index in [2.05, 4.69) is 17.2 Å². The fraction of sp³-hybridized carbons (Fsp3) is 0.280. The summed E-state index contributed by atoms with van der Waals surface area (Å²) in [6.07, 6.45) is 3.54. The molecule has 7 heteroatoms. The third kappa shape index (κ3) is 5.11. The first-order valence-electron chi connectivity index (χ1n) is 10.6. The second kappa shape index (κ2) is 9.18. The summed E-state index contributed by atoms with van der Waals surface area (Å²) in [5.41, 5.74) is 3.83. The lowest BCUT2D eigenvalue weighted by Gasteiger charge is -2.23. The molecule has 1 fully saturated rings. The molecule has 2 amide bonds. The minimum atomic E-state index is -0.191. The molecular formula is C25H27N3O4. The van der Waals surface area contributed by atoms with Crippen LogP contribution in [0.4, 0.5) is 10.5 Å². The number of ether oxygens (including phenoxy) is 2. The molecule has 0 atom stereocenters. The molecule has 7 nitrogen and oxygen atoms in total. The van der Waals surface area contributed by atoms with Gasteiger partial charge in [-0.1, -0.05) is 12.1 Å². The first-order chi connectivity index (χ1) is 15.4. The van der Waals surface area contributed by atoms with E-state index < -0.39 is 0 Å². The van der Waals surface area contributed by atoms with Gasteiger partial charge in [0.25, 0.3) is 0 Å². The van der Waals surface area contributed by atoms with Crippen molar-refractivity contribution in [2.45, 2.75) is 39.3 Å². The second-order valence-corrected chi connectivity index (χ2v) is 8.03. The first kappa shape index (κ1) is 21.5. The smallest absolute Gasteiger partial charge is 0.322 e. The largest absolute Gasteiger partial charge is 0.504 e. The van der Waals surface area contributed by atoms with Gasteiger partial charge in [0.15, 0.2) is 11.5 Å². The van der Waals surface area contributed by atoms with E-state index >= 15 is 0 Å². The number of phenols is 1. The zero-order valence-electron chi connectivity index (χ0n) is 18.5. The second-order valence-electron chi connectivity index (χ2n) is 8.03. The van der Waals surface area contributed by atoms with Gasteiger partial charge in [0.05, 0.1) is 19.0 Å². The number of carbonyl (C=O) groups is 1. The summed E-state index contributed by atoms with van der Waals surface area (Å²) in [7, 11) is 1.50. The molecule has 1 aliphatic carbocycles. The summed E-state index contributed by atoms with van der Waals surface area (Å²) in [6, 6.07) is 14.5. The van der Waals surface area contributed by atoms with Gasteiger partial charge in [-0.25, -0.2) is 9.78 Å². The van der Waals surface area contributed by atoms with E-state index in [0.29, 0.717) is 23.9 Å². The van der Waals surface area contributed by atoms with Crippen LogP contribution in [0.2, 0.25) is 0 Å². The quantitative estimate of drug-likeness (QED) is 0.521.